The van der Waals surface area contributed by atoms with E-state index < -0.39 is 42.8 Å². The minimum absolute atomic E-state index is 0.0499. The molecule has 1 aliphatic heterocycles. The van der Waals surface area contributed by atoms with Crippen LogP contribution in [-0.4, -0.2) is 44.4 Å². The summed E-state index contributed by atoms with van der Waals surface area (Å²) in [6.45, 7) is -1.72. The molecule has 6 nitrogen and oxygen atoms in total. The third-order valence-corrected chi connectivity index (χ3v) is 4.70. The summed E-state index contributed by atoms with van der Waals surface area (Å²) in [4.78, 5) is 32.8. The molecule has 1 saturated heterocycles. The highest BCUT2D eigenvalue weighted by Gasteiger charge is 2.46. The largest absolute Gasteiger partial charge is 0.345 e. The first-order valence-corrected chi connectivity index (χ1v) is 8.30. The summed E-state index contributed by atoms with van der Waals surface area (Å²) < 4.78 is 40.6. The molecule has 0 bridgehead atoms. The van der Waals surface area contributed by atoms with Crippen molar-refractivity contribution in [1.29, 1.82) is 0 Å². The van der Waals surface area contributed by atoms with Gasteiger partial charge >= 0.3 is 0 Å². The number of halogens is 4. The minimum Gasteiger partial charge on any atom is -0.345 e. The molecule has 0 aliphatic carbocycles. The number of rotatable bonds is 3. The number of nitrogens with zero attached hydrogens (tertiary/aromatic N) is 3. The van der Waals surface area contributed by atoms with Crippen molar-refractivity contribution in [2.75, 3.05) is 13.1 Å². The Morgan fingerprint density at radius 3 is 2.74 bits per heavy atom. The van der Waals surface area contributed by atoms with Gasteiger partial charge < -0.3 is 9.88 Å². The second-order valence-electron chi connectivity index (χ2n) is 6.34. The van der Waals surface area contributed by atoms with Crippen molar-refractivity contribution in [3.8, 4) is 11.1 Å². The normalized spacial score (nSPS) is 15.8. The molecule has 3 heterocycles. The Morgan fingerprint density at radius 1 is 1.33 bits per heavy atom. The second-order valence-corrected chi connectivity index (χ2v) is 6.75. The Bertz CT molecular complexity index is 1120. The maximum absolute atomic E-state index is 13.8. The van der Waals surface area contributed by atoms with E-state index in [0.29, 0.717) is 11.1 Å². The lowest BCUT2D eigenvalue weighted by atomic mass is 10.1. The SMILES string of the molecule is O=C(Cn1cnc2[nH]cc(-c3ccc(Cl)c(F)c3)c2c1=O)N1CC(F)(F)C1. The molecule has 0 spiro atoms. The van der Waals surface area contributed by atoms with Gasteiger partial charge in [-0.2, -0.15) is 0 Å². The van der Waals surface area contributed by atoms with Crippen molar-refractivity contribution in [2.24, 2.45) is 0 Å². The van der Waals surface area contributed by atoms with Gasteiger partial charge in [0.1, 0.15) is 24.3 Å². The van der Waals surface area contributed by atoms with Crippen LogP contribution in [0, 0.1) is 5.82 Å². The van der Waals surface area contributed by atoms with Gasteiger partial charge in [0.25, 0.3) is 11.5 Å². The minimum atomic E-state index is -2.88. The maximum Gasteiger partial charge on any atom is 0.282 e. The van der Waals surface area contributed by atoms with Crippen molar-refractivity contribution in [3.05, 3.63) is 51.9 Å². The van der Waals surface area contributed by atoms with Gasteiger partial charge in [-0.1, -0.05) is 17.7 Å². The predicted octanol–water partition coefficient (Wildman–Crippen LogP) is 2.66. The van der Waals surface area contributed by atoms with Crippen molar-refractivity contribution in [2.45, 2.75) is 12.5 Å². The lowest BCUT2D eigenvalue weighted by Crippen LogP contribution is -2.59. The fourth-order valence-electron chi connectivity index (χ4n) is 2.99. The zero-order valence-corrected chi connectivity index (χ0v) is 14.4. The van der Waals surface area contributed by atoms with Crippen molar-refractivity contribution >= 4 is 28.5 Å². The Balaban J connectivity index is 1.70. The third-order valence-electron chi connectivity index (χ3n) is 4.39. The summed E-state index contributed by atoms with van der Waals surface area (Å²) in [6.07, 6.45) is 2.67. The van der Waals surface area contributed by atoms with Crippen LogP contribution >= 0.6 is 11.6 Å². The molecule has 1 amide bonds. The molecular formula is C17H12ClF3N4O2. The summed E-state index contributed by atoms with van der Waals surface area (Å²) in [6, 6.07) is 4.11. The van der Waals surface area contributed by atoms with E-state index in [1.165, 1.54) is 24.7 Å². The lowest BCUT2D eigenvalue weighted by Gasteiger charge is -2.38. The molecule has 27 heavy (non-hydrogen) atoms. The number of carbonyl (C=O) groups is 1. The molecule has 0 saturated carbocycles. The summed E-state index contributed by atoms with van der Waals surface area (Å²) in [5.74, 6) is -4.12. The van der Waals surface area contributed by atoms with Crippen LogP contribution in [0.25, 0.3) is 22.2 Å². The monoisotopic (exact) mass is 396 g/mol. The van der Waals surface area contributed by atoms with Gasteiger partial charge in [0.05, 0.1) is 23.5 Å². The standard InChI is InChI=1S/C17H12ClF3N4O2/c18-11-2-1-9(3-12(11)19)10-4-22-15-14(10)16(27)24(8-23-15)5-13(26)25-6-17(20,21)7-25/h1-4,8,22H,5-7H2. The van der Waals surface area contributed by atoms with Gasteiger partial charge in [-0.25, -0.2) is 18.2 Å². The van der Waals surface area contributed by atoms with E-state index in [1.807, 2.05) is 0 Å². The molecule has 2 aromatic heterocycles. The van der Waals surface area contributed by atoms with Crippen LogP contribution in [-0.2, 0) is 11.3 Å². The summed E-state index contributed by atoms with van der Waals surface area (Å²) in [5, 5.41) is 0.118. The van der Waals surface area contributed by atoms with E-state index in [1.54, 1.807) is 6.07 Å². The number of nitrogens with one attached hydrogen (secondary N) is 1. The highest BCUT2D eigenvalue weighted by Crippen LogP contribution is 2.29. The first-order valence-electron chi connectivity index (χ1n) is 7.93. The molecule has 0 atom stereocenters. The molecule has 3 aromatic rings. The molecule has 0 radical (unpaired) electrons. The number of amides is 1. The Morgan fingerprint density at radius 2 is 2.07 bits per heavy atom. The number of carbonyl (C=O) groups excluding carboxylic acids is 1. The van der Waals surface area contributed by atoms with Crippen LogP contribution in [0.1, 0.15) is 0 Å². The van der Waals surface area contributed by atoms with Crippen LogP contribution in [0.4, 0.5) is 13.2 Å². The zero-order chi connectivity index (χ0) is 19.3. The van der Waals surface area contributed by atoms with E-state index in [0.717, 1.165) is 9.47 Å². The molecule has 1 aliphatic rings. The van der Waals surface area contributed by atoms with Crippen LogP contribution < -0.4 is 5.56 Å². The highest BCUT2D eigenvalue weighted by molar-refractivity contribution is 6.30. The number of likely N-dealkylation sites (tertiary alicyclic amines) is 1. The Kier molecular flexibility index (Phi) is 3.99. The first kappa shape index (κ1) is 17.6. The van der Waals surface area contributed by atoms with E-state index in [2.05, 4.69) is 9.97 Å². The number of hydrogen-bond acceptors (Lipinski definition) is 3. The number of fused-ring (bicyclic) bond motifs is 1. The van der Waals surface area contributed by atoms with Crippen LogP contribution in [0.3, 0.4) is 0 Å². The maximum atomic E-state index is 13.8. The van der Waals surface area contributed by atoms with Crippen LogP contribution in [0.15, 0.2) is 35.5 Å². The quantitative estimate of drug-likeness (QED) is 0.740. The fourth-order valence-corrected chi connectivity index (χ4v) is 3.11. The number of aromatic nitrogens is 3. The summed E-state index contributed by atoms with van der Waals surface area (Å²) >= 11 is 5.69. The number of H-pyrrole nitrogens is 1. The summed E-state index contributed by atoms with van der Waals surface area (Å²) in [7, 11) is 0. The van der Waals surface area contributed by atoms with Gasteiger partial charge in [0, 0.05) is 11.8 Å². The molecule has 1 fully saturated rings. The van der Waals surface area contributed by atoms with Crippen molar-refractivity contribution in [1.82, 2.24) is 19.4 Å². The van der Waals surface area contributed by atoms with E-state index in [9.17, 15) is 22.8 Å². The van der Waals surface area contributed by atoms with Gasteiger partial charge in [0.2, 0.25) is 5.91 Å². The first-order chi connectivity index (χ1) is 12.7. The molecule has 1 aromatic carbocycles. The van der Waals surface area contributed by atoms with Gasteiger partial charge in [0.15, 0.2) is 0 Å². The highest BCUT2D eigenvalue weighted by atomic mass is 35.5. The van der Waals surface area contributed by atoms with Crippen LogP contribution in [0.2, 0.25) is 5.02 Å². The van der Waals surface area contributed by atoms with Gasteiger partial charge in [-0.05, 0) is 17.7 Å². The van der Waals surface area contributed by atoms with Gasteiger partial charge in [-0.3, -0.25) is 14.2 Å². The number of benzene rings is 1. The molecule has 1 N–H and O–H groups in total. The lowest BCUT2D eigenvalue weighted by molar-refractivity contribution is -0.166. The number of hydrogen-bond donors (Lipinski definition) is 1. The average molecular weight is 397 g/mol. The molecule has 4 rings (SSSR count). The van der Waals surface area contributed by atoms with Gasteiger partial charge in [-0.15, -0.1) is 0 Å². The molecule has 10 heteroatoms. The second kappa shape index (κ2) is 6.12. The number of aromatic amines is 1. The van der Waals surface area contributed by atoms with E-state index in [-0.39, 0.29) is 16.1 Å². The Labute approximate surface area is 155 Å². The van der Waals surface area contributed by atoms with Crippen molar-refractivity contribution in [3.63, 3.8) is 0 Å². The predicted molar refractivity (Wildman–Crippen MR) is 92.3 cm³/mol. The summed E-state index contributed by atoms with van der Waals surface area (Å²) in [5.41, 5.74) is 0.542. The van der Waals surface area contributed by atoms with Crippen LogP contribution in [0.5, 0.6) is 0 Å². The number of alkyl halides is 2. The molecular weight excluding hydrogens is 385 g/mol. The molecule has 0 unspecified atom stereocenters. The molecule has 140 valence electrons. The van der Waals surface area contributed by atoms with E-state index >= 15 is 0 Å². The zero-order valence-electron chi connectivity index (χ0n) is 13.7. The topological polar surface area (TPSA) is 71.0 Å². The average Bonchev–Trinajstić information content (AvgIpc) is 3.02. The third kappa shape index (κ3) is 3.08. The fraction of sp³-hybridized carbons (Fsp3) is 0.235. The van der Waals surface area contributed by atoms with Crippen molar-refractivity contribution < 1.29 is 18.0 Å². The smallest absolute Gasteiger partial charge is 0.282 e. The Hall–Kier alpha value is -2.81. The van der Waals surface area contributed by atoms with E-state index in [4.69, 9.17) is 11.6 Å².